The van der Waals surface area contributed by atoms with Gasteiger partial charge < -0.3 is 9.80 Å². The third kappa shape index (κ3) is 6.33. The molecule has 0 saturated carbocycles. The van der Waals surface area contributed by atoms with Crippen LogP contribution in [-0.2, 0) is 5.41 Å². The quantitative estimate of drug-likeness (QED) is 0.155. The SMILES string of the molecule is CC1(C)c2ccccc2N(c2cccc(C3C=CC(c4ccc(N(c5ccc(-c6ccccc6)cc5)c5ccc(-c6ccccc6)cc5)cc4)=NC3)c2)C1(C)C. The van der Waals surface area contributed by atoms with E-state index >= 15 is 0 Å². The Balaban J connectivity index is 0.970. The Hall–Kier alpha value is -6.45. The van der Waals surface area contributed by atoms with Crippen molar-refractivity contribution in [2.24, 2.45) is 4.99 Å². The van der Waals surface area contributed by atoms with Crippen molar-refractivity contribution in [2.75, 3.05) is 16.3 Å². The molecular formula is C53H47N3. The molecule has 3 nitrogen and oxygen atoms in total. The van der Waals surface area contributed by atoms with Gasteiger partial charge >= 0.3 is 0 Å². The van der Waals surface area contributed by atoms with Gasteiger partial charge in [-0.25, -0.2) is 0 Å². The second kappa shape index (κ2) is 14.3. The lowest BCUT2D eigenvalue weighted by Gasteiger charge is -2.42. The molecule has 7 aromatic rings. The zero-order valence-corrected chi connectivity index (χ0v) is 32.6. The predicted molar refractivity (Wildman–Crippen MR) is 237 cm³/mol. The van der Waals surface area contributed by atoms with Crippen LogP contribution < -0.4 is 9.80 Å². The Morgan fingerprint density at radius 1 is 0.518 bits per heavy atom. The molecule has 7 aromatic carbocycles. The number of dihydropyridines is 1. The maximum Gasteiger partial charge on any atom is 0.0644 e. The number of anilines is 5. The maximum atomic E-state index is 5.14. The highest BCUT2D eigenvalue weighted by Gasteiger charge is 2.51. The molecule has 2 aliphatic heterocycles. The summed E-state index contributed by atoms with van der Waals surface area (Å²) in [7, 11) is 0. The van der Waals surface area contributed by atoms with Crippen LogP contribution in [0.3, 0.4) is 0 Å². The normalized spacial score (nSPS) is 16.6. The van der Waals surface area contributed by atoms with E-state index < -0.39 is 0 Å². The predicted octanol–water partition coefficient (Wildman–Crippen LogP) is 13.8. The van der Waals surface area contributed by atoms with Crippen molar-refractivity contribution in [3.8, 4) is 22.3 Å². The Morgan fingerprint density at radius 3 is 1.55 bits per heavy atom. The number of para-hydroxylation sites is 1. The second-order valence-corrected chi connectivity index (χ2v) is 16.0. The largest absolute Gasteiger partial charge is 0.335 e. The number of hydrogen-bond donors (Lipinski definition) is 0. The Labute approximate surface area is 332 Å². The van der Waals surface area contributed by atoms with Gasteiger partial charge in [0.1, 0.15) is 0 Å². The van der Waals surface area contributed by atoms with Crippen LogP contribution in [0.5, 0.6) is 0 Å². The van der Waals surface area contributed by atoms with E-state index in [2.05, 4.69) is 232 Å². The molecule has 2 aliphatic rings. The minimum absolute atomic E-state index is 0.0100. The average Bonchev–Trinajstić information content (AvgIpc) is 3.42. The lowest BCUT2D eigenvalue weighted by Crippen LogP contribution is -2.48. The molecule has 0 saturated heterocycles. The Bertz CT molecular complexity index is 2450. The molecule has 0 aromatic heterocycles. The van der Waals surface area contributed by atoms with Crippen molar-refractivity contribution in [3.63, 3.8) is 0 Å². The van der Waals surface area contributed by atoms with Crippen LogP contribution in [0.1, 0.15) is 50.3 Å². The molecule has 9 rings (SSSR count). The summed E-state index contributed by atoms with van der Waals surface area (Å²) in [5, 5.41) is 0. The molecule has 1 unspecified atom stereocenters. The molecule has 0 bridgehead atoms. The standard InChI is InChI=1S/C53H47N3/c1-52(2)49-20-11-12-21-51(49)56(53(52,3)4)48-19-13-18-43(36-48)44-28-35-50(54-37-44)42-26-33-47(34-27-42)55(45-29-22-40(23-30-45)38-14-7-5-8-15-38)46-31-24-41(25-32-46)39-16-9-6-10-17-39/h5-36,44H,37H2,1-4H3. The van der Waals surface area contributed by atoms with Crippen LogP contribution in [0.25, 0.3) is 22.3 Å². The summed E-state index contributed by atoms with van der Waals surface area (Å²) in [4.78, 5) is 10.0. The summed E-state index contributed by atoms with van der Waals surface area (Å²) in [6.07, 6.45) is 4.54. The van der Waals surface area contributed by atoms with Crippen LogP contribution in [0.4, 0.5) is 28.4 Å². The Kier molecular flexibility index (Phi) is 9.02. The number of aliphatic imine (C=N–C) groups is 1. The fraction of sp³-hybridized carbons (Fsp3) is 0.151. The van der Waals surface area contributed by atoms with Crippen molar-refractivity contribution < 1.29 is 0 Å². The topological polar surface area (TPSA) is 18.8 Å². The molecule has 56 heavy (non-hydrogen) atoms. The van der Waals surface area contributed by atoms with Gasteiger partial charge in [0.15, 0.2) is 0 Å². The van der Waals surface area contributed by atoms with Gasteiger partial charge in [-0.3, -0.25) is 4.99 Å². The molecule has 274 valence electrons. The molecule has 0 aliphatic carbocycles. The zero-order valence-electron chi connectivity index (χ0n) is 32.6. The van der Waals surface area contributed by atoms with Gasteiger partial charge in [0.25, 0.3) is 0 Å². The van der Waals surface area contributed by atoms with E-state index in [1.165, 1.54) is 44.8 Å². The van der Waals surface area contributed by atoms with E-state index in [0.29, 0.717) is 0 Å². The smallest absolute Gasteiger partial charge is 0.0644 e. The highest BCUT2D eigenvalue weighted by Crippen LogP contribution is 2.54. The highest BCUT2D eigenvalue weighted by atomic mass is 15.2. The number of rotatable bonds is 8. The van der Waals surface area contributed by atoms with Crippen molar-refractivity contribution >= 4 is 34.1 Å². The third-order valence-electron chi connectivity index (χ3n) is 12.3. The number of hydrogen-bond acceptors (Lipinski definition) is 3. The van der Waals surface area contributed by atoms with E-state index in [1.807, 2.05) is 0 Å². The van der Waals surface area contributed by atoms with Crippen LogP contribution in [0.2, 0.25) is 0 Å². The summed E-state index contributed by atoms with van der Waals surface area (Å²) in [6.45, 7) is 10.2. The fourth-order valence-corrected chi connectivity index (χ4v) is 8.48. The zero-order chi connectivity index (χ0) is 38.3. The fourth-order valence-electron chi connectivity index (χ4n) is 8.48. The van der Waals surface area contributed by atoms with Gasteiger partial charge in [0, 0.05) is 51.9 Å². The summed E-state index contributed by atoms with van der Waals surface area (Å²) >= 11 is 0. The molecule has 0 fully saturated rings. The van der Waals surface area contributed by atoms with Crippen molar-refractivity contribution in [2.45, 2.75) is 44.6 Å². The second-order valence-electron chi connectivity index (χ2n) is 16.0. The molecule has 3 heteroatoms. The summed E-state index contributed by atoms with van der Waals surface area (Å²) in [5.74, 6) is 0.222. The first-order chi connectivity index (χ1) is 27.3. The summed E-state index contributed by atoms with van der Waals surface area (Å²) < 4.78 is 0. The first kappa shape index (κ1) is 35.3. The van der Waals surface area contributed by atoms with E-state index in [0.717, 1.165) is 34.9 Å². The van der Waals surface area contributed by atoms with Gasteiger partial charge in [-0.2, -0.15) is 0 Å². The van der Waals surface area contributed by atoms with Crippen LogP contribution >= 0.6 is 0 Å². The van der Waals surface area contributed by atoms with Crippen molar-refractivity contribution in [1.82, 2.24) is 0 Å². The molecule has 0 radical (unpaired) electrons. The van der Waals surface area contributed by atoms with Gasteiger partial charge in [-0.05, 0) is 113 Å². The van der Waals surface area contributed by atoms with Crippen molar-refractivity contribution in [1.29, 1.82) is 0 Å². The number of nitrogens with zero attached hydrogens (tertiary/aromatic N) is 3. The number of allylic oxidation sites excluding steroid dienone is 1. The number of benzene rings is 7. The molecule has 0 N–H and O–H groups in total. The van der Waals surface area contributed by atoms with Gasteiger partial charge in [-0.1, -0.05) is 147 Å². The van der Waals surface area contributed by atoms with Gasteiger partial charge in [0.2, 0.25) is 0 Å². The first-order valence-electron chi connectivity index (χ1n) is 19.7. The monoisotopic (exact) mass is 725 g/mol. The molecule has 2 heterocycles. The van der Waals surface area contributed by atoms with E-state index in [1.54, 1.807) is 0 Å². The minimum Gasteiger partial charge on any atom is -0.335 e. The van der Waals surface area contributed by atoms with E-state index in [4.69, 9.17) is 4.99 Å². The van der Waals surface area contributed by atoms with Crippen molar-refractivity contribution in [3.05, 3.63) is 211 Å². The van der Waals surface area contributed by atoms with E-state index in [9.17, 15) is 0 Å². The lowest BCUT2D eigenvalue weighted by atomic mass is 9.72. The van der Waals surface area contributed by atoms with Crippen LogP contribution in [0.15, 0.2) is 199 Å². The van der Waals surface area contributed by atoms with Gasteiger partial charge in [-0.15, -0.1) is 0 Å². The third-order valence-corrected chi connectivity index (χ3v) is 12.3. The van der Waals surface area contributed by atoms with Gasteiger partial charge in [0.05, 0.1) is 5.71 Å². The van der Waals surface area contributed by atoms with Crippen LogP contribution in [0, 0.1) is 0 Å². The highest BCUT2D eigenvalue weighted by molar-refractivity contribution is 6.09. The number of fused-ring (bicyclic) bond motifs is 1. The average molecular weight is 726 g/mol. The Morgan fingerprint density at radius 2 is 1.02 bits per heavy atom. The molecular weight excluding hydrogens is 679 g/mol. The summed E-state index contributed by atoms with van der Waals surface area (Å²) in [5.41, 5.74) is 15.4. The minimum atomic E-state index is -0.0813. The summed E-state index contributed by atoms with van der Waals surface area (Å²) in [6, 6.07) is 65.6. The first-order valence-corrected chi connectivity index (χ1v) is 19.7. The van der Waals surface area contributed by atoms with Crippen LogP contribution in [-0.4, -0.2) is 17.8 Å². The molecule has 1 atom stereocenters. The van der Waals surface area contributed by atoms with E-state index in [-0.39, 0.29) is 16.9 Å². The molecule has 0 spiro atoms. The maximum absolute atomic E-state index is 5.14. The molecule has 0 amide bonds. The lowest BCUT2D eigenvalue weighted by molar-refractivity contribution is 0.330.